The predicted molar refractivity (Wildman–Crippen MR) is 135 cm³/mol. The average molecular weight is 477 g/mol. The van der Waals surface area contributed by atoms with Crippen molar-refractivity contribution in [3.05, 3.63) is 107 Å². The van der Waals surface area contributed by atoms with Crippen molar-refractivity contribution in [1.29, 1.82) is 0 Å². The van der Waals surface area contributed by atoms with Crippen molar-refractivity contribution in [1.82, 2.24) is 10.2 Å². The van der Waals surface area contributed by atoms with Crippen LogP contribution in [0.15, 0.2) is 72.8 Å². The van der Waals surface area contributed by atoms with Gasteiger partial charge in [0.2, 0.25) is 0 Å². The lowest BCUT2D eigenvalue weighted by Crippen LogP contribution is -2.47. The fourth-order valence-corrected chi connectivity index (χ4v) is 5.43. The van der Waals surface area contributed by atoms with E-state index in [-0.39, 0.29) is 17.7 Å². The highest BCUT2D eigenvalue weighted by Gasteiger charge is 2.24. The van der Waals surface area contributed by atoms with Crippen LogP contribution in [0.1, 0.15) is 47.6 Å². The van der Waals surface area contributed by atoms with E-state index in [0.717, 1.165) is 50.1 Å². The first-order valence-electron chi connectivity index (χ1n) is 12.8. The number of likely N-dealkylation sites (tertiary alicyclic amines) is 1. The lowest BCUT2D eigenvalue weighted by Gasteiger charge is -2.36. The Labute approximate surface area is 207 Å². The highest BCUT2D eigenvalue weighted by molar-refractivity contribution is 5.31. The lowest BCUT2D eigenvalue weighted by atomic mass is 9.92. The molecule has 3 aromatic carbocycles. The van der Waals surface area contributed by atoms with Gasteiger partial charge in [0, 0.05) is 25.7 Å². The zero-order valence-electron chi connectivity index (χ0n) is 20.1. The molecule has 0 unspecified atom stereocenters. The second kappa shape index (κ2) is 11.4. The summed E-state index contributed by atoms with van der Waals surface area (Å²) >= 11 is 0. The Hall–Kier alpha value is -2.60. The van der Waals surface area contributed by atoms with E-state index in [9.17, 15) is 8.78 Å². The second-order valence-corrected chi connectivity index (χ2v) is 9.94. The summed E-state index contributed by atoms with van der Waals surface area (Å²) in [7, 11) is 0. The van der Waals surface area contributed by atoms with E-state index in [2.05, 4.69) is 34.5 Å². The van der Waals surface area contributed by atoms with Crippen molar-refractivity contribution >= 4 is 0 Å². The Morgan fingerprint density at radius 2 is 1.43 bits per heavy atom. The Morgan fingerprint density at radius 3 is 2.06 bits per heavy atom. The van der Waals surface area contributed by atoms with Crippen LogP contribution in [-0.4, -0.2) is 37.2 Å². The third kappa shape index (κ3) is 6.35. The fraction of sp³-hybridized carbons (Fsp3) is 0.400. The third-order valence-corrected chi connectivity index (χ3v) is 7.51. The molecule has 5 heteroatoms. The molecule has 0 amide bonds. The lowest BCUT2D eigenvalue weighted by molar-refractivity contribution is 0.0592. The van der Waals surface area contributed by atoms with E-state index in [1.807, 2.05) is 0 Å². The monoisotopic (exact) mass is 476 g/mol. The first kappa shape index (κ1) is 24.1. The molecule has 1 fully saturated rings. The van der Waals surface area contributed by atoms with Crippen molar-refractivity contribution in [3.63, 3.8) is 0 Å². The molecule has 1 saturated heterocycles. The summed E-state index contributed by atoms with van der Waals surface area (Å²) < 4.78 is 33.2. The molecule has 0 spiro atoms. The Morgan fingerprint density at radius 1 is 0.829 bits per heavy atom. The summed E-state index contributed by atoms with van der Waals surface area (Å²) in [4.78, 5) is 2.60. The first-order chi connectivity index (χ1) is 17.1. The third-order valence-electron chi connectivity index (χ3n) is 7.51. The second-order valence-electron chi connectivity index (χ2n) is 9.94. The molecule has 2 heterocycles. The number of benzene rings is 3. The van der Waals surface area contributed by atoms with Gasteiger partial charge < -0.3 is 15.0 Å². The number of nitrogens with one attached hydrogen (secondary N) is 1. The number of rotatable bonds is 8. The van der Waals surface area contributed by atoms with E-state index in [1.165, 1.54) is 48.2 Å². The zero-order chi connectivity index (χ0) is 24.0. The van der Waals surface area contributed by atoms with Gasteiger partial charge in [0.25, 0.3) is 0 Å². The zero-order valence-corrected chi connectivity index (χ0v) is 20.1. The molecule has 3 aromatic rings. The maximum absolute atomic E-state index is 13.4. The minimum absolute atomic E-state index is 0.272. The maximum atomic E-state index is 13.4. The molecule has 184 valence electrons. The molecule has 2 aliphatic heterocycles. The Kier molecular flexibility index (Phi) is 7.87. The van der Waals surface area contributed by atoms with Crippen LogP contribution in [0, 0.1) is 17.6 Å². The highest BCUT2D eigenvalue weighted by Crippen LogP contribution is 2.29. The van der Waals surface area contributed by atoms with Crippen LogP contribution >= 0.6 is 0 Å². The molecule has 35 heavy (non-hydrogen) atoms. The largest absolute Gasteiger partial charge is 0.369 e. The molecular formula is C30H34F2N2O. The van der Waals surface area contributed by atoms with E-state index >= 15 is 0 Å². The minimum atomic E-state index is -0.323. The topological polar surface area (TPSA) is 24.5 Å². The molecule has 0 bridgehead atoms. The van der Waals surface area contributed by atoms with Crippen molar-refractivity contribution in [2.75, 3.05) is 26.2 Å². The van der Waals surface area contributed by atoms with Gasteiger partial charge in [-0.25, -0.2) is 8.78 Å². The van der Waals surface area contributed by atoms with Crippen LogP contribution in [0.5, 0.6) is 0 Å². The van der Waals surface area contributed by atoms with Gasteiger partial charge >= 0.3 is 0 Å². The minimum Gasteiger partial charge on any atom is -0.369 e. The van der Waals surface area contributed by atoms with Crippen molar-refractivity contribution in [2.45, 2.75) is 44.4 Å². The molecule has 1 atom stereocenters. The van der Waals surface area contributed by atoms with Gasteiger partial charge in [0.05, 0.1) is 0 Å². The van der Waals surface area contributed by atoms with Crippen molar-refractivity contribution in [2.24, 2.45) is 5.92 Å². The normalized spacial score (nSPS) is 19.1. The van der Waals surface area contributed by atoms with Crippen LogP contribution in [-0.2, 0) is 17.7 Å². The van der Waals surface area contributed by atoms with Gasteiger partial charge in [-0.3, -0.25) is 0 Å². The molecule has 0 aromatic heterocycles. The van der Waals surface area contributed by atoms with Gasteiger partial charge in [-0.15, -0.1) is 0 Å². The molecule has 0 aliphatic carbocycles. The van der Waals surface area contributed by atoms with Crippen LogP contribution in [0.2, 0.25) is 0 Å². The summed E-state index contributed by atoms with van der Waals surface area (Å²) in [5.74, 6) is 0.102. The number of fused-ring (bicyclic) bond motifs is 1. The molecular weight excluding hydrogens is 442 g/mol. The molecule has 1 N–H and O–H groups in total. The van der Waals surface area contributed by atoms with Crippen LogP contribution < -0.4 is 5.32 Å². The first-order valence-corrected chi connectivity index (χ1v) is 12.8. The SMILES string of the molecule is Fc1ccc(C(OCCC2CCN(C[C@H]3Cc4ccccc4CN3)CC2)c2ccc(F)cc2)cc1. The average Bonchev–Trinajstić information content (AvgIpc) is 2.89. The van der Waals surface area contributed by atoms with Crippen molar-refractivity contribution in [3.8, 4) is 0 Å². The standard InChI is InChI=1S/C30H34F2N2O/c31-27-9-5-23(6-10-27)30(24-7-11-28(32)12-8-24)35-18-15-22-13-16-34(17-14-22)21-29-19-25-3-1-2-4-26(25)20-33-29/h1-12,22,29-30,33H,13-21H2/t29-/m1/s1. The van der Waals surface area contributed by atoms with E-state index in [1.54, 1.807) is 24.3 Å². The Balaban J connectivity index is 1.10. The van der Waals surface area contributed by atoms with E-state index in [0.29, 0.717) is 18.6 Å². The van der Waals surface area contributed by atoms with E-state index in [4.69, 9.17) is 4.74 Å². The van der Waals surface area contributed by atoms with Crippen LogP contribution in [0.25, 0.3) is 0 Å². The highest BCUT2D eigenvalue weighted by atomic mass is 19.1. The molecule has 0 saturated carbocycles. The van der Waals surface area contributed by atoms with Crippen molar-refractivity contribution < 1.29 is 13.5 Å². The van der Waals surface area contributed by atoms with Crippen LogP contribution in [0.4, 0.5) is 8.78 Å². The number of hydrogen-bond acceptors (Lipinski definition) is 3. The van der Waals surface area contributed by atoms with Gasteiger partial charge in [-0.05, 0) is 91.2 Å². The summed E-state index contributed by atoms with van der Waals surface area (Å²) in [6.45, 7) is 4.96. The maximum Gasteiger partial charge on any atom is 0.123 e. The number of nitrogens with zero attached hydrogens (tertiary/aromatic N) is 1. The quantitative estimate of drug-likeness (QED) is 0.439. The smallest absolute Gasteiger partial charge is 0.123 e. The summed E-state index contributed by atoms with van der Waals surface area (Å²) in [6, 6.07) is 22.1. The molecule has 3 nitrogen and oxygen atoms in total. The van der Waals surface area contributed by atoms with Gasteiger partial charge in [0.1, 0.15) is 17.7 Å². The Bertz CT molecular complexity index is 1030. The molecule has 0 radical (unpaired) electrons. The van der Waals surface area contributed by atoms with Gasteiger partial charge in [-0.1, -0.05) is 48.5 Å². The molecule has 5 rings (SSSR count). The van der Waals surface area contributed by atoms with Gasteiger partial charge in [-0.2, -0.15) is 0 Å². The number of piperidine rings is 1. The fourth-order valence-electron chi connectivity index (χ4n) is 5.43. The number of hydrogen-bond donors (Lipinski definition) is 1. The summed E-state index contributed by atoms with van der Waals surface area (Å²) in [6.07, 6.45) is 4.16. The molecule has 2 aliphatic rings. The summed E-state index contributed by atoms with van der Waals surface area (Å²) in [5, 5.41) is 3.71. The van der Waals surface area contributed by atoms with E-state index < -0.39 is 0 Å². The number of ether oxygens (including phenoxy) is 1. The van der Waals surface area contributed by atoms with Gasteiger partial charge in [0.15, 0.2) is 0 Å². The number of halogens is 2. The van der Waals surface area contributed by atoms with Crippen LogP contribution in [0.3, 0.4) is 0 Å². The predicted octanol–water partition coefficient (Wildman–Crippen LogP) is 5.89. The summed E-state index contributed by atoms with van der Waals surface area (Å²) in [5.41, 5.74) is 4.69.